The molecule has 1 saturated carbocycles. The minimum atomic E-state index is -0.214. The van der Waals surface area contributed by atoms with E-state index in [4.69, 9.17) is 11.6 Å². The van der Waals surface area contributed by atoms with Crippen LogP contribution >= 0.6 is 11.6 Å². The summed E-state index contributed by atoms with van der Waals surface area (Å²) in [6.07, 6.45) is 4.23. The predicted octanol–water partition coefficient (Wildman–Crippen LogP) is 4.11. The number of carbonyl (C=O) groups excluding carboxylic acids is 1. The van der Waals surface area contributed by atoms with Crippen molar-refractivity contribution in [2.75, 3.05) is 0 Å². The molecule has 1 aliphatic rings. The van der Waals surface area contributed by atoms with Crippen molar-refractivity contribution in [1.29, 1.82) is 0 Å². The second kappa shape index (κ2) is 3.85. The number of aldehydes is 1. The zero-order chi connectivity index (χ0) is 11.9. The van der Waals surface area contributed by atoms with Crippen LogP contribution in [0.1, 0.15) is 24.8 Å². The SMILES string of the molecule is O=CC1(c2ccc3cc(Cl)ccc3c2)CCC1. The maximum atomic E-state index is 11.3. The molecule has 0 saturated heterocycles. The van der Waals surface area contributed by atoms with E-state index in [1.165, 1.54) is 0 Å². The van der Waals surface area contributed by atoms with Crippen LogP contribution in [0.4, 0.5) is 0 Å². The van der Waals surface area contributed by atoms with Crippen molar-refractivity contribution in [3.63, 3.8) is 0 Å². The van der Waals surface area contributed by atoms with Crippen LogP contribution < -0.4 is 0 Å². The Bertz CT molecular complexity index is 584. The van der Waals surface area contributed by atoms with Gasteiger partial charge in [0, 0.05) is 5.02 Å². The highest BCUT2D eigenvalue weighted by Gasteiger charge is 2.38. The molecule has 1 aliphatic carbocycles. The second-order valence-corrected chi connectivity index (χ2v) is 5.27. The zero-order valence-electron chi connectivity index (χ0n) is 9.45. The molecular formula is C15H13ClO. The predicted molar refractivity (Wildman–Crippen MR) is 70.6 cm³/mol. The molecule has 1 fully saturated rings. The second-order valence-electron chi connectivity index (χ2n) is 4.83. The van der Waals surface area contributed by atoms with E-state index >= 15 is 0 Å². The van der Waals surface area contributed by atoms with Gasteiger partial charge < -0.3 is 4.79 Å². The zero-order valence-corrected chi connectivity index (χ0v) is 10.2. The van der Waals surface area contributed by atoms with Crippen molar-refractivity contribution >= 4 is 28.7 Å². The Morgan fingerprint density at radius 1 is 1.06 bits per heavy atom. The Balaban J connectivity index is 2.13. The Labute approximate surface area is 105 Å². The average Bonchev–Trinajstić information content (AvgIpc) is 2.28. The number of rotatable bonds is 2. The number of carbonyl (C=O) groups is 1. The first kappa shape index (κ1) is 10.8. The summed E-state index contributed by atoms with van der Waals surface area (Å²) in [5, 5.41) is 3.03. The van der Waals surface area contributed by atoms with Gasteiger partial charge in [-0.3, -0.25) is 0 Å². The van der Waals surface area contributed by atoms with Crippen LogP contribution in [0.25, 0.3) is 10.8 Å². The largest absolute Gasteiger partial charge is 0.302 e. The van der Waals surface area contributed by atoms with E-state index in [2.05, 4.69) is 18.2 Å². The van der Waals surface area contributed by atoms with Gasteiger partial charge in [-0.15, -0.1) is 0 Å². The van der Waals surface area contributed by atoms with E-state index in [0.717, 1.165) is 46.9 Å². The lowest BCUT2D eigenvalue weighted by molar-refractivity contribution is -0.115. The minimum Gasteiger partial charge on any atom is -0.302 e. The molecule has 2 aromatic carbocycles. The van der Waals surface area contributed by atoms with Gasteiger partial charge in [-0.25, -0.2) is 0 Å². The van der Waals surface area contributed by atoms with E-state index in [-0.39, 0.29) is 5.41 Å². The fourth-order valence-corrected chi connectivity index (χ4v) is 2.74. The maximum Gasteiger partial charge on any atom is 0.130 e. The summed E-state index contributed by atoms with van der Waals surface area (Å²) < 4.78 is 0. The molecule has 17 heavy (non-hydrogen) atoms. The molecule has 86 valence electrons. The lowest BCUT2D eigenvalue weighted by Crippen LogP contribution is -2.35. The van der Waals surface area contributed by atoms with Crippen molar-refractivity contribution in [2.45, 2.75) is 24.7 Å². The van der Waals surface area contributed by atoms with Crippen molar-refractivity contribution in [3.05, 3.63) is 47.0 Å². The minimum absolute atomic E-state index is 0.214. The molecule has 2 aromatic rings. The third-order valence-corrected chi connectivity index (χ3v) is 4.08. The molecule has 0 unspecified atom stereocenters. The highest BCUT2D eigenvalue weighted by Crippen LogP contribution is 2.42. The number of halogens is 1. The lowest BCUT2D eigenvalue weighted by Gasteiger charge is -2.37. The quantitative estimate of drug-likeness (QED) is 0.727. The highest BCUT2D eigenvalue weighted by molar-refractivity contribution is 6.31. The Hall–Kier alpha value is -1.34. The molecule has 0 atom stereocenters. The Morgan fingerprint density at radius 2 is 1.76 bits per heavy atom. The van der Waals surface area contributed by atoms with E-state index in [1.807, 2.05) is 18.2 Å². The summed E-state index contributed by atoms with van der Waals surface area (Å²) in [6, 6.07) is 12.1. The molecule has 0 heterocycles. The summed E-state index contributed by atoms with van der Waals surface area (Å²) in [5.74, 6) is 0. The normalized spacial score (nSPS) is 17.7. The van der Waals surface area contributed by atoms with Crippen molar-refractivity contribution in [2.24, 2.45) is 0 Å². The Morgan fingerprint density at radius 3 is 2.41 bits per heavy atom. The molecule has 1 nitrogen and oxygen atoms in total. The smallest absolute Gasteiger partial charge is 0.130 e. The van der Waals surface area contributed by atoms with Crippen LogP contribution in [0.15, 0.2) is 36.4 Å². The van der Waals surface area contributed by atoms with Crippen LogP contribution in [0.5, 0.6) is 0 Å². The molecule has 0 amide bonds. The standard InChI is InChI=1S/C15H13ClO/c16-14-5-3-11-8-13(4-2-12(11)9-14)15(10-17)6-1-7-15/h2-5,8-10H,1,6-7H2. The van der Waals surface area contributed by atoms with E-state index < -0.39 is 0 Å². The summed E-state index contributed by atoms with van der Waals surface area (Å²) in [6.45, 7) is 0. The summed E-state index contributed by atoms with van der Waals surface area (Å²) in [4.78, 5) is 11.3. The fourth-order valence-electron chi connectivity index (χ4n) is 2.56. The maximum absolute atomic E-state index is 11.3. The Kier molecular flexibility index (Phi) is 2.44. The molecule has 0 aromatic heterocycles. The monoisotopic (exact) mass is 244 g/mol. The number of benzene rings is 2. The molecule has 0 spiro atoms. The number of hydrogen-bond acceptors (Lipinski definition) is 1. The van der Waals surface area contributed by atoms with Gasteiger partial charge in [-0.2, -0.15) is 0 Å². The van der Waals surface area contributed by atoms with Crippen LogP contribution in [0, 0.1) is 0 Å². The highest BCUT2D eigenvalue weighted by atomic mass is 35.5. The van der Waals surface area contributed by atoms with Gasteiger partial charge in [0.1, 0.15) is 6.29 Å². The van der Waals surface area contributed by atoms with Gasteiger partial charge in [-0.05, 0) is 41.3 Å². The van der Waals surface area contributed by atoms with E-state index in [9.17, 15) is 4.79 Å². The van der Waals surface area contributed by atoms with Crippen LogP contribution in [0.3, 0.4) is 0 Å². The van der Waals surface area contributed by atoms with Crippen molar-refractivity contribution < 1.29 is 4.79 Å². The first-order chi connectivity index (χ1) is 8.23. The van der Waals surface area contributed by atoms with Gasteiger partial charge in [0.15, 0.2) is 0 Å². The third-order valence-electron chi connectivity index (χ3n) is 3.85. The van der Waals surface area contributed by atoms with Gasteiger partial charge in [-0.1, -0.05) is 42.3 Å². The van der Waals surface area contributed by atoms with Gasteiger partial charge in [0.2, 0.25) is 0 Å². The van der Waals surface area contributed by atoms with Crippen LogP contribution in [-0.2, 0) is 10.2 Å². The molecule has 0 N–H and O–H groups in total. The number of hydrogen-bond donors (Lipinski definition) is 0. The summed E-state index contributed by atoms with van der Waals surface area (Å²) in [5.41, 5.74) is 0.932. The molecular weight excluding hydrogens is 232 g/mol. The van der Waals surface area contributed by atoms with Gasteiger partial charge >= 0.3 is 0 Å². The van der Waals surface area contributed by atoms with Crippen LogP contribution in [0.2, 0.25) is 5.02 Å². The first-order valence-electron chi connectivity index (χ1n) is 5.90. The van der Waals surface area contributed by atoms with Crippen molar-refractivity contribution in [1.82, 2.24) is 0 Å². The number of fused-ring (bicyclic) bond motifs is 1. The fraction of sp³-hybridized carbons (Fsp3) is 0.267. The van der Waals surface area contributed by atoms with E-state index in [1.54, 1.807) is 0 Å². The molecule has 0 aliphatic heterocycles. The summed E-state index contributed by atoms with van der Waals surface area (Å²) >= 11 is 5.96. The topological polar surface area (TPSA) is 17.1 Å². The lowest BCUT2D eigenvalue weighted by atomic mass is 9.65. The molecule has 3 rings (SSSR count). The van der Waals surface area contributed by atoms with Crippen molar-refractivity contribution in [3.8, 4) is 0 Å². The first-order valence-corrected chi connectivity index (χ1v) is 6.27. The molecule has 0 bridgehead atoms. The van der Waals surface area contributed by atoms with Gasteiger partial charge in [0.25, 0.3) is 0 Å². The third kappa shape index (κ3) is 1.66. The summed E-state index contributed by atoms with van der Waals surface area (Å²) in [7, 11) is 0. The van der Waals surface area contributed by atoms with Gasteiger partial charge in [0.05, 0.1) is 5.41 Å². The van der Waals surface area contributed by atoms with E-state index in [0.29, 0.717) is 0 Å². The average molecular weight is 245 g/mol. The molecule has 0 radical (unpaired) electrons. The molecule has 2 heteroatoms. The van der Waals surface area contributed by atoms with Crippen LogP contribution in [-0.4, -0.2) is 6.29 Å².